The molecule has 0 radical (unpaired) electrons. The van der Waals surface area contributed by atoms with Crippen molar-refractivity contribution in [2.75, 3.05) is 12.3 Å². The fourth-order valence-electron chi connectivity index (χ4n) is 3.09. The number of rotatable bonds is 7. The molecule has 1 N–H and O–H groups in total. The minimum atomic E-state index is -0.320. The van der Waals surface area contributed by atoms with E-state index < -0.39 is 0 Å². The van der Waals surface area contributed by atoms with E-state index in [1.807, 2.05) is 12.1 Å². The first kappa shape index (κ1) is 16.3. The van der Waals surface area contributed by atoms with Gasteiger partial charge in [0.1, 0.15) is 11.4 Å². The van der Waals surface area contributed by atoms with Crippen molar-refractivity contribution in [2.24, 2.45) is 5.92 Å². The number of nitrogens with zero attached hydrogens (tertiary/aromatic N) is 1. The number of hydrogen-bond acceptors (Lipinski definition) is 3. The Morgan fingerprint density at radius 1 is 1.43 bits per heavy atom. The Kier molecular flexibility index (Phi) is 6.08. The second-order valence-corrected chi connectivity index (χ2v) is 6.86. The molecule has 2 rings (SSSR count). The summed E-state index contributed by atoms with van der Waals surface area (Å²) in [4.78, 5) is 1.10. The Hall–Kier alpha value is -1.05. The van der Waals surface area contributed by atoms with Gasteiger partial charge in [-0.2, -0.15) is 5.26 Å². The Bertz CT molecular complexity index is 483. The molecule has 21 heavy (non-hydrogen) atoms. The number of hydrogen-bond donors (Lipinski definition) is 1. The lowest BCUT2D eigenvalue weighted by molar-refractivity contribution is 0.311. The quantitative estimate of drug-likeness (QED) is 0.760. The lowest BCUT2D eigenvalue weighted by Gasteiger charge is -2.30. The molecule has 1 aromatic rings. The Morgan fingerprint density at radius 3 is 2.86 bits per heavy atom. The second kappa shape index (κ2) is 7.82. The van der Waals surface area contributed by atoms with Crippen molar-refractivity contribution in [3.63, 3.8) is 0 Å². The third-order valence-electron chi connectivity index (χ3n) is 4.26. The van der Waals surface area contributed by atoms with Crippen molar-refractivity contribution < 1.29 is 4.39 Å². The summed E-state index contributed by atoms with van der Waals surface area (Å²) in [6.07, 6.45) is 5.33. The van der Waals surface area contributed by atoms with Crippen LogP contribution in [0, 0.1) is 23.1 Å². The van der Waals surface area contributed by atoms with Crippen molar-refractivity contribution in [1.29, 1.82) is 5.26 Å². The van der Waals surface area contributed by atoms with Crippen LogP contribution in [-0.4, -0.2) is 17.8 Å². The maximum absolute atomic E-state index is 12.9. The normalized spacial score (nSPS) is 24.9. The van der Waals surface area contributed by atoms with Gasteiger partial charge >= 0.3 is 0 Å². The van der Waals surface area contributed by atoms with Crippen molar-refractivity contribution >= 4 is 11.8 Å². The van der Waals surface area contributed by atoms with Gasteiger partial charge in [-0.05, 0) is 68.2 Å². The van der Waals surface area contributed by atoms with Crippen LogP contribution in [0.3, 0.4) is 0 Å². The standard InChI is InChI=1S/C17H23FN2S/c1-2-11-20-17(13-19)10-3-4-14(17)9-12-21-16-7-5-15(18)6-8-16/h5-8,14,20H,2-4,9-12H2,1H3. The molecule has 0 spiro atoms. The molecule has 0 aromatic heterocycles. The van der Waals surface area contributed by atoms with E-state index in [2.05, 4.69) is 18.3 Å². The predicted octanol–water partition coefficient (Wildman–Crippen LogP) is 4.37. The van der Waals surface area contributed by atoms with Crippen LogP contribution < -0.4 is 5.32 Å². The highest BCUT2D eigenvalue weighted by Gasteiger charge is 2.42. The van der Waals surface area contributed by atoms with Crippen molar-refractivity contribution in [2.45, 2.75) is 49.5 Å². The van der Waals surface area contributed by atoms with Crippen LogP contribution >= 0.6 is 11.8 Å². The second-order valence-electron chi connectivity index (χ2n) is 5.69. The van der Waals surface area contributed by atoms with E-state index in [0.29, 0.717) is 5.92 Å². The van der Waals surface area contributed by atoms with E-state index in [0.717, 1.165) is 49.3 Å². The number of halogens is 1. The van der Waals surface area contributed by atoms with Crippen molar-refractivity contribution in [3.8, 4) is 6.07 Å². The first-order valence-corrected chi connectivity index (χ1v) is 8.73. The first-order valence-electron chi connectivity index (χ1n) is 7.75. The SMILES string of the molecule is CCCNC1(C#N)CCCC1CCSc1ccc(F)cc1. The highest BCUT2D eigenvalue weighted by Crippen LogP contribution is 2.38. The number of nitrogens with one attached hydrogen (secondary N) is 1. The number of nitriles is 1. The van der Waals surface area contributed by atoms with Gasteiger partial charge in [0.05, 0.1) is 6.07 Å². The molecule has 0 amide bonds. The maximum atomic E-state index is 12.9. The highest BCUT2D eigenvalue weighted by atomic mass is 32.2. The topological polar surface area (TPSA) is 35.8 Å². The molecule has 0 heterocycles. The monoisotopic (exact) mass is 306 g/mol. The zero-order valence-electron chi connectivity index (χ0n) is 12.6. The summed E-state index contributed by atoms with van der Waals surface area (Å²) in [5, 5.41) is 13.1. The molecule has 0 bridgehead atoms. The average Bonchev–Trinajstić information content (AvgIpc) is 2.91. The molecule has 2 unspecified atom stereocenters. The lowest BCUT2D eigenvalue weighted by atomic mass is 9.86. The van der Waals surface area contributed by atoms with Crippen LogP contribution in [0.25, 0.3) is 0 Å². The molecular formula is C17H23FN2S. The molecule has 1 aliphatic carbocycles. The van der Waals surface area contributed by atoms with Gasteiger partial charge in [-0.25, -0.2) is 4.39 Å². The summed E-state index contributed by atoms with van der Waals surface area (Å²) in [5.74, 6) is 1.22. The van der Waals surface area contributed by atoms with Gasteiger partial charge in [0.25, 0.3) is 0 Å². The van der Waals surface area contributed by atoms with Crippen molar-refractivity contribution in [1.82, 2.24) is 5.32 Å². The highest BCUT2D eigenvalue weighted by molar-refractivity contribution is 7.99. The van der Waals surface area contributed by atoms with Gasteiger partial charge in [-0.3, -0.25) is 5.32 Å². The molecule has 1 aromatic carbocycles. The molecular weight excluding hydrogens is 283 g/mol. The van der Waals surface area contributed by atoms with Gasteiger partial charge in [0.15, 0.2) is 0 Å². The van der Waals surface area contributed by atoms with Gasteiger partial charge in [-0.15, -0.1) is 11.8 Å². The molecule has 2 atom stereocenters. The zero-order valence-corrected chi connectivity index (χ0v) is 13.4. The van der Waals surface area contributed by atoms with Crippen LogP contribution in [-0.2, 0) is 0 Å². The van der Waals surface area contributed by atoms with Gasteiger partial charge in [0.2, 0.25) is 0 Å². The first-order chi connectivity index (χ1) is 10.2. The Morgan fingerprint density at radius 2 is 2.19 bits per heavy atom. The molecule has 0 aliphatic heterocycles. The third kappa shape index (κ3) is 4.21. The summed E-state index contributed by atoms with van der Waals surface area (Å²) >= 11 is 1.75. The van der Waals surface area contributed by atoms with Crippen LogP contribution in [0.2, 0.25) is 0 Å². The van der Waals surface area contributed by atoms with Crippen LogP contribution in [0.5, 0.6) is 0 Å². The summed E-state index contributed by atoms with van der Waals surface area (Å²) in [6.45, 7) is 3.04. The largest absolute Gasteiger partial charge is 0.299 e. The summed E-state index contributed by atoms with van der Waals surface area (Å²) in [5.41, 5.74) is -0.320. The van der Waals surface area contributed by atoms with E-state index in [4.69, 9.17) is 0 Å². The van der Waals surface area contributed by atoms with E-state index in [1.165, 1.54) is 12.1 Å². The fourth-order valence-corrected chi connectivity index (χ4v) is 4.05. The maximum Gasteiger partial charge on any atom is 0.123 e. The lowest BCUT2D eigenvalue weighted by Crippen LogP contribution is -2.47. The number of thioether (sulfide) groups is 1. The third-order valence-corrected chi connectivity index (χ3v) is 5.30. The molecule has 1 aliphatic rings. The van der Waals surface area contributed by atoms with Gasteiger partial charge < -0.3 is 0 Å². The van der Waals surface area contributed by atoms with E-state index in [-0.39, 0.29) is 11.4 Å². The van der Waals surface area contributed by atoms with E-state index in [1.54, 1.807) is 11.8 Å². The zero-order chi connectivity index (χ0) is 15.1. The molecule has 114 valence electrons. The van der Waals surface area contributed by atoms with E-state index in [9.17, 15) is 9.65 Å². The van der Waals surface area contributed by atoms with Gasteiger partial charge in [-0.1, -0.05) is 13.3 Å². The fraction of sp³-hybridized carbons (Fsp3) is 0.588. The van der Waals surface area contributed by atoms with Crippen LogP contribution in [0.15, 0.2) is 29.2 Å². The Balaban J connectivity index is 1.86. The van der Waals surface area contributed by atoms with Crippen molar-refractivity contribution in [3.05, 3.63) is 30.1 Å². The molecule has 2 nitrogen and oxygen atoms in total. The molecule has 4 heteroatoms. The Labute approximate surface area is 131 Å². The minimum Gasteiger partial charge on any atom is -0.299 e. The summed E-state index contributed by atoms with van der Waals surface area (Å²) in [7, 11) is 0. The smallest absolute Gasteiger partial charge is 0.123 e. The minimum absolute atomic E-state index is 0.192. The number of benzene rings is 1. The molecule has 1 saturated carbocycles. The van der Waals surface area contributed by atoms with Crippen LogP contribution in [0.1, 0.15) is 39.0 Å². The molecule has 0 saturated heterocycles. The predicted molar refractivity (Wildman–Crippen MR) is 85.7 cm³/mol. The van der Waals surface area contributed by atoms with Crippen LogP contribution in [0.4, 0.5) is 4.39 Å². The average molecular weight is 306 g/mol. The van der Waals surface area contributed by atoms with E-state index >= 15 is 0 Å². The molecule has 1 fully saturated rings. The van der Waals surface area contributed by atoms with Gasteiger partial charge in [0, 0.05) is 4.90 Å². The summed E-state index contributed by atoms with van der Waals surface area (Å²) in [6, 6.07) is 9.19. The summed E-state index contributed by atoms with van der Waals surface area (Å²) < 4.78 is 12.9.